The van der Waals surface area contributed by atoms with Crippen molar-refractivity contribution < 1.29 is 0 Å². The maximum atomic E-state index is 3.77. The first-order valence-electron chi connectivity index (χ1n) is 3.68. The van der Waals surface area contributed by atoms with E-state index in [0.29, 0.717) is 0 Å². The quantitative estimate of drug-likeness (QED) is 0.434. The summed E-state index contributed by atoms with van der Waals surface area (Å²) in [5.41, 5.74) is 0. The van der Waals surface area contributed by atoms with Gasteiger partial charge in [0.15, 0.2) is 0 Å². The average molecular weight is 155 g/mol. The number of unbranched alkanes of at least 4 members (excludes halogenated alkanes) is 1. The SMILES string of the molecule is [CH2]CCSCCCC#CC. The lowest BCUT2D eigenvalue weighted by atomic mass is 10.3. The minimum Gasteiger partial charge on any atom is -0.162 e. The van der Waals surface area contributed by atoms with Crippen LogP contribution >= 0.6 is 11.8 Å². The first-order valence-corrected chi connectivity index (χ1v) is 4.84. The van der Waals surface area contributed by atoms with Crippen molar-refractivity contribution in [1.82, 2.24) is 0 Å². The van der Waals surface area contributed by atoms with Gasteiger partial charge in [0.25, 0.3) is 0 Å². The molecule has 1 radical (unpaired) electrons. The van der Waals surface area contributed by atoms with Crippen LogP contribution in [0.4, 0.5) is 0 Å². The molecule has 0 rings (SSSR count). The number of thioether (sulfide) groups is 1. The van der Waals surface area contributed by atoms with Crippen molar-refractivity contribution in [2.45, 2.75) is 26.2 Å². The minimum atomic E-state index is 1.05. The van der Waals surface area contributed by atoms with Crippen molar-refractivity contribution in [2.24, 2.45) is 0 Å². The molecule has 0 N–H and O–H groups in total. The molecule has 0 amide bonds. The Morgan fingerprint density at radius 1 is 1.40 bits per heavy atom. The van der Waals surface area contributed by atoms with Gasteiger partial charge in [-0.15, -0.1) is 11.8 Å². The Morgan fingerprint density at radius 2 is 2.20 bits per heavy atom. The fraction of sp³-hybridized carbons (Fsp3) is 0.667. The largest absolute Gasteiger partial charge is 0.162 e. The zero-order chi connectivity index (χ0) is 7.66. The van der Waals surface area contributed by atoms with Crippen LogP contribution < -0.4 is 0 Å². The zero-order valence-corrected chi connectivity index (χ0v) is 7.47. The van der Waals surface area contributed by atoms with Crippen LogP contribution in [0.15, 0.2) is 0 Å². The smallest absolute Gasteiger partial charge is 0.00964 e. The molecule has 0 fully saturated rings. The van der Waals surface area contributed by atoms with E-state index in [9.17, 15) is 0 Å². The Morgan fingerprint density at radius 3 is 2.80 bits per heavy atom. The van der Waals surface area contributed by atoms with Gasteiger partial charge >= 0.3 is 0 Å². The van der Waals surface area contributed by atoms with Crippen LogP contribution in [-0.2, 0) is 0 Å². The fourth-order valence-electron chi connectivity index (χ4n) is 0.592. The van der Waals surface area contributed by atoms with Crippen molar-refractivity contribution in [1.29, 1.82) is 0 Å². The molecular weight excluding hydrogens is 140 g/mol. The highest BCUT2D eigenvalue weighted by Crippen LogP contribution is 2.04. The van der Waals surface area contributed by atoms with Crippen LogP contribution in [0.1, 0.15) is 26.2 Å². The molecule has 0 saturated carbocycles. The summed E-state index contributed by atoms with van der Waals surface area (Å²) in [7, 11) is 0. The molecule has 0 atom stereocenters. The van der Waals surface area contributed by atoms with Gasteiger partial charge in [0.1, 0.15) is 0 Å². The Kier molecular flexibility index (Phi) is 8.83. The van der Waals surface area contributed by atoms with Crippen LogP contribution in [0.25, 0.3) is 0 Å². The molecule has 0 saturated heterocycles. The first kappa shape index (κ1) is 9.91. The van der Waals surface area contributed by atoms with Gasteiger partial charge in [-0.3, -0.25) is 0 Å². The van der Waals surface area contributed by atoms with Crippen molar-refractivity contribution in [3.05, 3.63) is 6.92 Å². The average Bonchev–Trinajstić information content (AvgIpc) is 1.97. The molecule has 1 heteroatoms. The van der Waals surface area contributed by atoms with Crippen LogP contribution in [0.2, 0.25) is 0 Å². The Hall–Kier alpha value is -0.0900. The summed E-state index contributed by atoms with van der Waals surface area (Å²) in [4.78, 5) is 0. The van der Waals surface area contributed by atoms with Gasteiger partial charge in [0.05, 0.1) is 0 Å². The third kappa shape index (κ3) is 7.91. The molecule has 57 valence electrons. The topological polar surface area (TPSA) is 0 Å². The predicted molar refractivity (Wildman–Crippen MR) is 50.0 cm³/mol. The zero-order valence-electron chi connectivity index (χ0n) is 6.65. The van der Waals surface area contributed by atoms with Crippen LogP contribution in [0.5, 0.6) is 0 Å². The highest BCUT2D eigenvalue weighted by atomic mass is 32.2. The van der Waals surface area contributed by atoms with E-state index in [0.717, 1.165) is 12.8 Å². The van der Waals surface area contributed by atoms with Gasteiger partial charge in [-0.05, 0) is 31.3 Å². The highest BCUT2D eigenvalue weighted by molar-refractivity contribution is 7.99. The summed E-state index contributed by atoms with van der Waals surface area (Å²) in [6.45, 7) is 5.66. The second-order valence-electron chi connectivity index (χ2n) is 2.00. The van der Waals surface area contributed by atoms with E-state index < -0.39 is 0 Å². The van der Waals surface area contributed by atoms with Crippen molar-refractivity contribution in [3.8, 4) is 11.8 Å². The third-order valence-electron chi connectivity index (χ3n) is 1.06. The maximum absolute atomic E-state index is 3.77. The molecule has 0 spiro atoms. The van der Waals surface area contributed by atoms with E-state index in [-0.39, 0.29) is 0 Å². The summed E-state index contributed by atoms with van der Waals surface area (Å²) in [6, 6.07) is 0. The predicted octanol–water partition coefficient (Wildman–Crippen LogP) is 2.75. The lowest BCUT2D eigenvalue weighted by Crippen LogP contribution is -1.80. The van der Waals surface area contributed by atoms with Gasteiger partial charge in [-0.25, -0.2) is 0 Å². The highest BCUT2D eigenvalue weighted by Gasteiger charge is 1.84. The van der Waals surface area contributed by atoms with E-state index in [1.807, 2.05) is 18.7 Å². The lowest BCUT2D eigenvalue weighted by molar-refractivity contribution is 0.995. The molecule has 0 unspecified atom stereocenters. The molecule has 0 heterocycles. The Bertz CT molecular complexity index is 108. The van der Waals surface area contributed by atoms with Crippen LogP contribution in [0.3, 0.4) is 0 Å². The summed E-state index contributed by atoms with van der Waals surface area (Å²) >= 11 is 1.97. The molecule has 0 aromatic rings. The summed E-state index contributed by atoms with van der Waals surface area (Å²) in [5.74, 6) is 8.37. The molecule has 10 heavy (non-hydrogen) atoms. The van der Waals surface area contributed by atoms with Crippen LogP contribution in [0, 0.1) is 18.8 Å². The third-order valence-corrected chi connectivity index (χ3v) is 2.21. The standard InChI is InChI=1S/C9H15S/c1-3-5-6-7-9-10-8-4-2/h2,4,6-9H2,1H3. The van der Waals surface area contributed by atoms with E-state index in [1.165, 1.54) is 17.9 Å². The summed E-state index contributed by atoms with van der Waals surface area (Å²) in [5, 5.41) is 0. The molecule has 0 aromatic heterocycles. The van der Waals surface area contributed by atoms with E-state index in [2.05, 4.69) is 18.8 Å². The van der Waals surface area contributed by atoms with E-state index in [1.54, 1.807) is 0 Å². The molecule has 0 aliphatic rings. The van der Waals surface area contributed by atoms with Gasteiger partial charge in [0, 0.05) is 6.42 Å². The van der Waals surface area contributed by atoms with Crippen LogP contribution in [-0.4, -0.2) is 11.5 Å². The van der Waals surface area contributed by atoms with E-state index >= 15 is 0 Å². The van der Waals surface area contributed by atoms with Crippen molar-refractivity contribution in [2.75, 3.05) is 11.5 Å². The second-order valence-corrected chi connectivity index (χ2v) is 3.22. The van der Waals surface area contributed by atoms with E-state index in [4.69, 9.17) is 0 Å². The second kappa shape index (κ2) is 8.91. The maximum Gasteiger partial charge on any atom is 0.00964 e. The molecule has 0 bridgehead atoms. The van der Waals surface area contributed by atoms with Gasteiger partial charge in [0.2, 0.25) is 0 Å². The molecule has 0 nitrogen and oxygen atoms in total. The Balaban J connectivity index is 2.82. The first-order chi connectivity index (χ1) is 4.91. The monoisotopic (exact) mass is 155 g/mol. The van der Waals surface area contributed by atoms with Gasteiger partial charge in [-0.1, -0.05) is 6.92 Å². The normalized spacial score (nSPS) is 8.60. The van der Waals surface area contributed by atoms with Crippen molar-refractivity contribution in [3.63, 3.8) is 0 Å². The van der Waals surface area contributed by atoms with Gasteiger partial charge < -0.3 is 0 Å². The lowest BCUT2D eigenvalue weighted by Gasteiger charge is -1.94. The Labute approximate surface area is 68.8 Å². The molecule has 0 aromatic carbocycles. The molecule has 0 aliphatic carbocycles. The summed E-state index contributed by atoms with van der Waals surface area (Å²) in [6.07, 6.45) is 3.33. The number of hydrogen-bond donors (Lipinski definition) is 0. The minimum absolute atomic E-state index is 1.05. The number of rotatable bonds is 5. The molecular formula is C9H15S. The van der Waals surface area contributed by atoms with Gasteiger partial charge in [-0.2, -0.15) is 11.8 Å². The number of hydrogen-bond acceptors (Lipinski definition) is 1. The molecule has 0 aliphatic heterocycles. The fourth-order valence-corrected chi connectivity index (χ4v) is 1.35. The van der Waals surface area contributed by atoms with Crippen molar-refractivity contribution >= 4 is 11.8 Å². The summed E-state index contributed by atoms with van der Waals surface area (Å²) < 4.78 is 0.